The monoisotopic (exact) mass is 246 g/mol. The molecule has 1 heterocycles. The van der Waals surface area contributed by atoms with E-state index in [1.165, 1.54) is 19.4 Å². The molecular weight excluding hydrogens is 238 g/mol. The van der Waals surface area contributed by atoms with Crippen LogP contribution in [0, 0.1) is 23.0 Å². The summed E-state index contributed by atoms with van der Waals surface area (Å²) < 4.78 is 31.6. The Morgan fingerprint density at radius 3 is 2.72 bits per heavy atom. The van der Waals surface area contributed by atoms with E-state index in [2.05, 4.69) is 4.98 Å². The number of ether oxygens (including phenoxy) is 1. The maximum atomic E-state index is 13.6. The first-order chi connectivity index (χ1) is 8.65. The lowest BCUT2D eigenvalue weighted by Gasteiger charge is -2.06. The van der Waals surface area contributed by atoms with Gasteiger partial charge in [-0.05, 0) is 24.3 Å². The molecule has 0 N–H and O–H groups in total. The second-order valence-electron chi connectivity index (χ2n) is 3.51. The standard InChI is InChI=1S/C13H8F2N2O/c1-18-13-7-17-12(4-8(13)6-16)10-5-9(14)2-3-11(10)15/h2-5,7H,1H3. The van der Waals surface area contributed by atoms with Crippen molar-refractivity contribution in [3.63, 3.8) is 0 Å². The fraction of sp³-hybridized carbons (Fsp3) is 0.0769. The predicted molar refractivity (Wildman–Crippen MR) is 60.9 cm³/mol. The van der Waals surface area contributed by atoms with Gasteiger partial charge in [-0.3, -0.25) is 4.98 Å². The molecular formula is C13H8F2N2O. The summed E-state index contributed by atoms with van der Waals surface area (Å²) in [4.78, 5) is 3.95. The maximum Gasteiger partial charge on any atom is 0.154 e. The largest absolute Gasteiger partial charge is 0.494 e. The van der Waals surface area contributed by atoms with Crippen molar-refractivity contribution in [2.75, 3.05) is 7.11 Å². The van der Waals surface area contributed by atoms with E-state index in [4.69, 9.17) is 10.00 Å². The van der Waals surface area contributed by atoms with Gasteiger partial charge in [0, 0.05) is 5.56 Å². The van der Waals surface area contributed by atoms with E-state index in [9.17, 15) is 8.78 Å². The third-order valence-corrected chi connectivity index (χ3v) is 2.41. The van der Waals surface area contributed by atoms with Crippen LogP contribution in [-0.4, -0.2) is 12.1 Å². The van der Waals surface area contributed by atoms with E-state index >= 15 is 0 Å². The molecule has 3 nitrogen and oxygen atoms in total. The summed E-state index contributed by atoms with van der Waals surface area (Å²) in [5.74, 6) is -0.876. The number of halogens is 2. The Balaban J connectivity index is 2.58. The van der Waals surface area contributed by atoms with Crippen molar-refractivity contribution >= 4 is 0 Å². The molecule has 0 fully saturated rings. The van der Waals surface area contributed by atoms with Crippen LogP contribution in [0.4, 0.5) is 8.78 Å². The number of benzene rings is 1. The zero-order chi connectivity index (χ0) is 13.1. The Morgan fingerprint density at radius 2 is 2.06 bits per heavy atom. The molecule has 0 aliphatic heterocycles. The highest BCUT2D eigenvalue weighted by Crippen LogP contribution is 2.26. The van der Waals surface area contributed by atoms with Crippen molar-refractivity contribution in [3.05, 3.63) is 47.7 Å². The molecule has 1 aromatic heterocycles. The van der Waals surface area contributed by atoms with Gasteiger partial charge in [-0.2, -0.15) is 5.26 Å². The van der Waals surface area contributed by atoms with Crippen molar-refractivity contribution in [2.45, 2.75) is 0 Å². The van der Waals surface area contributed by atoms with Crippen LogP contribution in [0.5, 0.6) is 5.75 Å². The molecule has 0 saturated carbocycles. The zero-order valence-corrected chi connectivity index (χ0v) is 9.45. The van der Waals surface area contributed by atoms with Crippen molar-refractivity contribution < 1.29 is 13.5 Å². The lowest BCUT2D eigenvalue weighted by Crippen LogP contribution is -1.94. The average Bonchev–Trinajstić information content (AvgIpc) is 2.40. The third kappa shape index (κ3) is 2.13. The van der Waals surface area contributed by atoms with Gasteiger partial charge in [-0.1, -0.05) is 0 Å². The summed E-state index contributed by atoms with van der Waals surface area (Å²) in [6.07, 6.45) is 1.30. The third-order valence-electron chi connectivity index (χ3n) is 2.41. The SMILES string of the molecule is COc1cnc(-c2cc(F)ccc2F)cc1C#N. The second kappa shape index (κ2) is 4.80. The first kappa shape index (κ1) is 12.0. The van der Waals surface area contributed by atoms with Crippen LogP contribution in [0.2, 0.25) is 0 Å². The Kier molecular flexibility index (Phi) is 3.20. The average molecular weight is 246 g/mol. The van der Waals surface area contributed by atoms with E-state index < -0.39 is 11.6 Å². The highest BCUT2D eigenvalue weighted by atomic mass is 19.1. The van der Waals surface area contributed by atoms with Crippen LogP contribution in [-0.2, 0) is 0 Å². The van der Waals surface area contributed by atoms with E-state index in [-0.39, 0.29) is 22.6 Å². The van der Waals surface area contributed by atoms with Crippen LogP contribution in [0.15, 0.2) is 30.5 Å². The highest BCUT2D eigenvalue weighted by molar-refractivity contribution is 5.63. The van der Waals surface area contributed by atoms with E-state index in [0.717, 1.165) is 18.2 Å². The molecule has 0 unspecified atom stereocenters. The fourth-order valence-electron chi connectivity index (χ4n) is 1.53. The number of aromatic nitrogens is 1. The van der Waals surface area contributed by atoms with Crippen LogP contribution in [0.25, 0.3) is 11.3 Å². The molecule has 1 aromatic carbocycles. The van der Waals surface area contributed by atoms with Crippen LogP contribution < -0.4 is 4.74 Å². The molecule has 0 aliphatic carbocycles. The van der Waals surface area contributed by atoms with Crippen LogP contribution in [0.3, 0.4) is 0 Å². The molecule has 0 saturated heterocycles. The van der Waals surface area contributed by atoms with Gasteiger partial charge in [-0.15, -0.1) is 0 Å². The van der Waals surface area contributed by atoms with Crippen molar-refractivity contribution in [1.29, 1.82) is 5.26 Å². The summed E-state index contributed by atoms with van der Waals surface area (Å²) in [7, 11) is 1.40. The first-order valence-corrected chi connectivity index (χ1v) is 5.05. The van der Waals surface area contributed by atoms with Crippen molar-refractivity contribution in [1.82, 2.24) is 4.98 Å². The molecule has 0 aliphatic rings. The van der Waals surface area contributed by atoms with Crippen molar-refractivity contribution in [2.24, 2.45) is 0 Å². The Labute approximate surface area is 102 Å². The zero-order valence-electron chi connectivity index (χ0n) is 9.45. The summed E-state index contributed by atoms with van der Waals surface area (Å²) in [6, 6.07) is 6.34. The quantitative estimate of drug-likeness (QED) is 0.818. The lowest BCUT2D eigenvalue weighted by molar-refractivity contribution is 0.411. The minimum absolute atomic E-state index is 0.00848. The number of nitrogens with zero attached hydrogens (tertiary/aromatic N) is 2. The molecule has 0 bridgehead atoms. The number of rotatable bonds is 2. The molecule has 2 aromatic rings. The first-order valence-electron chi connectivity index (χ1n) is 5.05. The van der Waals surface area contributed by atoms with Gasteiger partial charge in [0.25, 0.3) is 0 Å². The Hall–Kier alpha value is -2.48. The minimum Gasteiger partial charge on any atom is -0.494 e. The molecule has 0 amide bonds. The highest BCUT2D eigenvalue weighted by Gasteiger charge is 2.11. The van der Waals surface area contributed by atoms with Gasteiger partial charge >= 0.3 is 0 Å². The van der Waals surface area contributed by atoms with Gasteiger partial charge in [0.05, 0.1) is 24.6 Å². The predicted octanol–water partition coefficient (Wildman–Crippen LogP) is 2.91. The van der Waals surface area contributed by atoms with Gasteiger partial charge in [-0.25, -0.2) is 8.78 Å². The molecule has 90 valence electrons. The fourth-order valence-corrected chi connectivity index (χ4v) is 1.53. The Morgan fingerprint density at radius 1 is 1.28 bits per heavy atom. The van der Waals surface area contributed by atoms with Gasteiger partial charge < -0.3 is 4.74 Å². The smallest absolute Gasteiger partial charge is 0.154 e. The maximum absolute atomic E-state index is 13.6. The van der Waals surface area contributed by atoms with Gasteiger partial charge in [0.15, 0.2) is 5.75 Å². The minimum atomic E-state index is -0.599. The number of nitriles is 1. The Bertz CT molecular complexity index is 635. The summed E-state index contributed by atoms with van der Waals surface area (Å²) in [5.41, 5.74) is 0.407. The molecule has 0 spiro atoms. The molecule has 5 heteroatoms. The number of methoxy groups -OCH3 is 1. The van der Waals surface area contributed by atoms with E-state index in [0.29, 0.717) is 0 Å². The molecule has 2 rings (SSSR count). The molecule has 18 heavy (non-hydrogen) atoms. The van der Waals surface area contributed by atoms with E-state index in [1.807, 2.05) is 6.07 Å². The second-order valence-corrected chi connectivity index (χ2v) is 3.51. The summed E-state index contributed by atoms with van der Waals surface area (Å²) in [5, 5.41) is 8.92. The van der Waals surface area contributed by atoms with Crippen molar-refractivity contribution in [3.8, 4) is 23.1 Å². The topological polar surface area (TPSA) is 45.9 Å². The van der Waals surface area contributed by atoms with Crippen LogP contribution >= 0.6 is 0 Å². The van der Waals surface area contributed by atoms with Gasteiger partial charge in [0.1, 0.15) is 17.7 Å². The van der Waals surface area contributed by atoms with Crippen LogP contribution in [0.1, 0.15) is 5.56 Å². The number of pyridine rings is 1. The summed E-state index contributed by atoms with van der Waals surface area (Å²) >= 11 is 0. The lowest BCUT2D eigenvalue weighted by atomic mass is 10.1. The molecule has 0 atom stereocenters. The number of hydrogen-bond acceptors (Lipinski definition) is 3. The van der Waals surface area contributed by atoms with E-state index in [1.54, 1.807) is 0 Å². The number of hydrogen-bond donors (Lipinski definition) is 0. The summed E-state index contributed by atoms with van der Waals surface area (Å²) in [6.45, 7) is 0. The normalized spacial score (nSPS) is 9.89. The van der Waals surface area contributed by atoms with Gasteiger partial charge in [0.2, 0.25) is 0 Å². The molecule has 0 radical (unpaired) electrons.